The highest BCUT2D eigenvalue weighted by Crippen LogP contribution is 1.88. The Labute approximate surface area is 55.2 Å². The Kier molecular flexibility index (Phi) is 5.12. The minimum absolute atomic E-state index is 0.0248. The van der Waals surface area contributed by atoms with Crippen molar-refractivity contribution < 1.29 is 9.90 Å². The van der Waals surface area contributed by atoms with Gasteiger partial charge in [-0.1, -0.05) is 19.1 Å². The Morgan fingerprint density at radius 3 is 2.67 bits per heavy atom. The van der Waals surface area contributed by atoms with Crippen molar-refractivity contribution in [1.29, 1.82) is 0 Å². The molecule has 0 aliphatic carbocycles. The van der Waals surface area contributed by atoms with Crippen molar-refractivity contribution in [1.82, 2.24) is 0 Å². The van der Waals surface area contributed by atoms with E-state index in [0.717, 1.165) is 0 Å². The van der Waals surface area contributed by atoms with Crippen molar-refractivity contribution in [3.63, 3.8) is 0 Å². The van der Waals surface area contributed by atoms with Crippen LogP contribution in [0, 0.1) is 0 Å². The molecule has 0 unspecified atom stereocenters. The summed E-state index contributed by atoms with van der Waals surface area (Å²) in [4.78, 5) is 10.6. The lowest BCUT2D eigenvalue weighted by atomic mass is 10.2. The van der Waals surface area contributed by atoms with Gasteiger partial charge in [0, 0.05) is 12.8 Å². The first-order valence-electron chi connectivity index (χ1n) is 3.08. The fourth-order valence-corrected chi connectivity index (χ4v) is 0.434. The van der Waals surface area contributed by atoms with Crippen LogP contribution in [0.15, 0.2) is 12.2 Å². The van der Waals surface area contributed by atoms with Gasteiger partial charge in [0.05, 0.1) is 6.61 Å². The third-order valence-electron chi connectivity index (χ3n) is 1.01. The van der Waals surface area contributed by atoms with E-state index in [1.54, 1.807) is 12.2 Å². The SMILES string of the molecule is CCC(=O)CC=CCO. The van der Waals surface area contributed by atoms with Gasteiger partial charge in [-0.15, -0.1) is 0 Å². The Morgan fingerprint density at radius 2 is 2.22 bits per heavy atom. The molecule has 0 aliphatic heterocycles. The van der Waals surface area contributed by atoms with Crippen LogP contribution < -0.4 is 0 Å². The smallest absolute Gasteiger partial charge is 0.136 e. The third kappa shape index (κ3) is 5.24. The molecule has 0 saturated carbocycles. The van der Waals surface area contributed by atoms with Crippen LogP contribution in [0.4, 0.5) is 0 Å². The first-order chi connectivity index (χ1) is 4.31. The number of aliphatic hydroxyl groups excluding tert-OH is 1. The van der Waals surface area contributed by atoms with E-state index in [2.05, 4.69) is 0 Å². The Bertz CT molecular complexity index is 105. The van der Waals surface area contributed by atoms with Crippen LogP contribution in [0.3, 0.4) is 0 Å². The highest BCUT2D eigenvalue weighted by atomic mass is 16.2. The van der Waals surface area contributed by atoms with Gasteiger partial charge in [0.1, 0.15) is 5.78 Å². The highest BCUT2D eigenvalue weighted by molar-refractivity contribution is 5.79. The molecule has 0 radical (unpaired) electrons. The normalized spacial score (nSPS) is 10.4. The molecule has 52 valence electrons. The molecule has 0 fully saturated rings. The molecule has 1 N–H and O–H groups in total. The van der Waals surface area contributed by atoms with E-state index < -0.39 is 0 Å². The average molecular weight is 128 g/mol. The van der Waals surface area contributed by atoms with Crippen LogP contribution in [0.5, 0.6) is 0 Å². The fourth-order valence-electron chi connectivity index (χ4n) is 0.434. The molecule has 0 aromatic carbocycles. The number of carbonyl (C=O) groups is 1. The molecule has 0 heterocycles. The summed E-state index contributed by atoms with van der Waals surface area (Å²) in [5.74, 6) is 0.208. The molecule has 0 amide bonds. The van der Waals surface area contributed by atoms with Crippen LogP contribution >= 0.6 is 0 Å². The number of rotatable bonds is 4. The summed E-state index contributed by atoms with van der Waals surface area (Å²) in [5.41, 5.74) is 0. The Balaban J connectivity index is 3.26. The van der Waals surface area contributed by atoms with Crippen molar-refractivity contribution in [3.8, 4) is 0 Å². The van der Waals surface area contributed by atoms with Crippen molar-refractivity contribution in [2.45, 2.75) is 19.8 Å². The molecule has 2 heteroatoms. The molecule has 0 spiro atoms. The van der Waals surface area contributed by atoms with Crippen LogP contribution in [-0.2, 0) is 4.79 Å². The number of allylic oxidation sites excluding steroid dienone is 1. The van der Waals surface area contributed by atoms with Gasteiger partial charge in [-0.25, -0.2) is 0 Å². The van der Waals surface area contributed by atoms with E-state index >= 15 is 0 Å². The van der Waals surface area contributed by atoms with Crippen LogP contribution in [0.1, 0.15) is 19.8 Å². The van der Waals surface area contributed by atoms with Gasteiger partial charge in [0.2, 0.25) is 0 Å². The maximum absolute atomic E-state index is 10.6. The maximum atomic E-state index is 10.6. The topological polar surface area (TPSA) is 37.3 Å². The van der Waals surface area contributed by atoms with E-state index in [0.29, 0.717) is 12.8 Å². The van der Waals surface area contributed by atoms with E-state index in [1.165, 1.54) is 0 Å². The largest absolute Gasteiger partial charge is 0.392 e. The number of Topliss-reactive ketones (excluding diaryl/α,β-unsaturated/α-hetero) is 1. The lowest BCUT2D eigenvalue weighted by Crippen LogP contribution is -1.90. The van der Waals surface area contributed by atoms with Gasteiger partial charge in [-0.05, 0) is 0 Å². The summed E-state index contributed by atoms with van der Waals surface area (Å²) in [5, 5.41) is 8.25. The molecule has 0 aromatic rings. The minimum Gasteiger partial charge on any atom is -0.392 e. The average Bonchev–Trinajstić information content (AvgIpc) is 1.89. The quantitative estimate of drug-likeness (QED) is 0.571. The summed E-state index contributed by atoms with van der Waals surface area (Å²) in [7, 11) is 0. The van der Waals surface area contributed by atoms with Crippen LogP contribution in [0.2, 0.25) is 0 Å². The number of carbonyl (C=O) groups excluding carboxylic acids is 1. The third-order valence-corrected chi connectivity index (χ3v) is 1.01. The van der Waals surface area contributed by atoms with E-state index in [4.69, 9.17) is 5.11 Å². The van der Waals surface area contributed by atoms with E-state index in [1.807, 2.05) is 6.92 Å². The van der Waals surface area contributed by atoms with Gasteiger partial charge in [0.25, 0.3) is 0 Å². The molecule has 0 saturated heterocycles. The second kappa shape index (κ2) is 5.51. The monoisotopic (exact) mass is 128 g/mol. The molecule has 0 aromatic heterocycles. The standard InChI is InChI=1S/C7H12O2/c1-2-7(9)5-3-4-6-8/h3-4,8H,2,5-6H2,1H3. The summed E-state index contributed by atoms with van der Waals surface area (Å²) in [6.07, 6.45) is 4.30. The molecule has 0 rings (SSSR count). The summed E-state index contributed by atoms with van der Waals surface area (Å²) < 4.78 is 0. The van der Waals surface area contributed by atoms with Gasteiger partial charge < -0.3 is 5.11 Å². The molecule has 0 bridgehead atoms. The van der Waals surface area contributed by atoms with Crippen molar-refractivity contribution >= 4 is 5.78 Å². The molecule has 0 aliphatic rings. The zero-order valence-corrected chi connectivity index (χ0v) is 5.63. The van der Waals surface area contributed by atoms with Crippen molar-refractivity contribution in [2.75, 3.05) is 6.61 Å². The zero-order chi connectivity index (χ0) is 7.11. The van der Waals surface area contributed by atoms with E-state index in [9.17, 15) is 4.79 Å². The Hall–Kier alpha value is -0.630. The maximum Gasteiger partial charge on any atom is 0.136 e. The second-order valence-corrected chi connectivity index (χ2v) is 1.75. The predicted molar refractivity (Wildman–Crippen MR) is 36.1 cm³/mol. The lowest BCUT2D eigenvalue weighted by molar-refractivity contribution is -0.117. The number of ketones is 1. The van der Waals surface area contributed by atoms with Gasteiger partial charge >= 0.3 is 0 Å². The number of hydrogen-bond acceptors (Lipinski definition) is 2. The molecule has 2 nitrogen and oxygen atoms in total. The fraction of sp³-hybridized carbons (Fsp3) is 0.571. The number of aliphatic hydroxyl groups is 1. The molecule has 0 atom stereocenters. The van der Waals surface area contributed by atoms with E-state index in [-0.39, 0.29) is 12.4 Å². The first kappa shape index (κ1) is 8.37. The molecular formula is C7H12O2. The Morgan fingerprint density at radius 1 is 1.56 bits per heavy atom. The highest BCUT2D eigenvalue weighted by Gasteiger charge is 1.90. The van der Waals surface area contributed by atoms with Gasteiger partial charge in [-0.3, -0.25) is 4.79 Å². The molecule has 9 heavy (non-hydrogen) atoms. The van der Waals surface area contributed by atoms with Crippen LogP contribution in [0.25, 0.3) is 0 Å². The zero-order valence-electron chi connectivity index (χ0n) is 5.63. The summed E-state index contributed by atoms with van der Waals surface area (Å²) in [6.45, 7) is 1.85. The molecular weight excluding hydrogens is 116 g/mol. The second-order valence-electron chi connectivity index (χ2n) is 1.75. The summed E-state index contributed by atoms with van der Waals surface area (Å²) >= 11 is 0. The van der Waals surface area contributed by atoms with Gasteiger partial charge in [-0.2, -0.15) is 0 Å². The minimum atomic E-state index is 0.0248. The number of hydrogen-bond donors (Lipinski definition) is 1. The van der Waals surface area contributed by atoms with Crippen LogP contribution in [-0.4, -0.2) is 17.5 Å². The predicted octanol–water partition coefficient (Wildman–Crippen LogP) is 0.904. The van der Waals surface area contributed by atoms with Crippen molar-refractivity contribution in [3.05, 3.63) is 12.2 Å². The lowest BCUT2D eigenvalue weighted by Gasteiger charge is -1.86. The first-order valence-corrected chi connectivity index (χ1v) is 3.08. The van der Waals surface area contributed by atoms with Crippen molar-refractivity contribution in [2.24, 2.45) is 0 Å². The van der Waals surface area contributed by atoms with Gasteiger partial charge in [0.15, 0.2) is 0 Å². The summed E-state index contributed by atoms with van der Waals surface area (Å²) in [6, 6.07) is 0.